The highest BCUT2D eigenvalue weighted by Gasteiger charge is 2.05. The van der Waals surface area contributed by atoms with E-state index in [2.05, 4.69) is 23.9 Å². The van der Waals surface area contributed by atoms with Gasteiger partial charge in [-0.05, 0) is 25.2 Å². The fourth-order valence-corrected chi connectivity index (χ4v) is 2.76. The monoisotopic (exact) mass is 336 g/mol. The molecule has 0 radical (unpaired) electrons. The maximum Gasteiger partial charge on any atom is 0.136 e. The van der Waals surface area contributed by atoms with E-state index in [1.54, 1.807) is 0 Å². The minimum absolute atomic E-state index is 0.572. The van der Waals surface area contributed by atoms with Crippen molar-refractivity contribution in [3.05, 3.63) is 66.0 Å². The van der Waals surface area contributed by atoms with E-state index in [9.17, 15) is 0 Å². The van der Waals surface area contributed by atoms with Gasteiger partial charge in [0.15, 0.2) is 0 Å². The first-order chi connectivity index (χ1) is 12.3. The first-order valence-electron chi connectivity index (χ1n) is 8.78. The van der Waals surface area contributed by atoms with Gasteiger partial charge in [0.05, 0.1) is 0 Å². The lowest BCUT2D eigenvalue weighted by Crippen LogP contribution is -2.26. The fraction of sp³-hybridized carbons (Fsp3) is 0.286. The normalized spacial score (nSPS) is 12.0. The molecule has 0 aliphatic rings. The Kier molecular flexibility index (Phi) is 5.86. The lowest BCUT2D eigenvalue weighted by atomic mass is 10.1. The fourth-order valence-electron chi connectivity index (χ4n) is 2.76. The van der Waals surface area contributed by atoms with Gasteiger partial charge in [0.2, 0.25) is 0 Å². The van der Waals surface area contributed by atoms with Crippen molar-refractivity contribution >= 4 is 11.0 Å². The lowest BCUT2D eigenvalue weighted by molar-refractivity contribution is 0.106. The molecule has 0 saturated carbocycles. The Morgan fingerprint density at radius 2 is 1.68 bits per heavy atom. The molecular formula is C21H24N2O2. The maximum absolute atomic E-state index is 6.04. The molecule has 0 atom stereocenters. The number of fused-ring (bicyclic) bond motifs is 1. The smallest absolute Gasteiger partial charge is 0.136 e. The van der Waals surface area contributed by atoms with E-state index in [1.807, 2.05) is 60.7 Å². The van der Waals surface area contributed by atoms with Crippen molar-refractivity contribution in [1.29, 1.82) is 0 Å². The second kappa shape index (κ2) is 8.49. The Morgan fingerprint density at radius 1 is 0.960 bits per heavy atom. The van der Waals surface area contributed by atoms with Crippen molar-refractivity contribution in [1.82, 2.24) is 4.90 Å². The molecule has 4 heteroatoms. The predicted molar refractivity (Wildman–Crippen MR) is 101 cm³/mol. The number of likely N-dealkylation sites (N-methyl/N-ethyl adjacent to an activating group) is 1. The van der Waals surface area contributed by atoms with Crippen LogP contribution in [0.1, 0.15) is 13.8 Å². The molecule has 1 aromatic heterocycles. The number of para-hydroxylation sites is 1. The number of hydrogen-bond acceptors (Lipinski definition) is 4. The predicted octanol–water partition coefficient (Wildman–Crippen LogP) is 4.27. The van der Waals surface area contributed by atoms with Gasteiger partial charge in [0.1, 0.15) is 23.3 Å². The maximum atomic E-state index is 6.04. The Bertz CT molecular complexity index is 868. The molecule has 0 amide bonds. The highest BCUT2D eigenvalue weighted by atomic mass is 16.6. The summed E-state index contributed by atoms with van der Waals surface area (Å²) in [5, 5.41) is 6.12. The van der Waals surface area contributed by atoms with Crippen LogP contribution in [0.25, 0.3) is 22.3 Å². The molecule has 4 nitrogen and oxygen atoms in total. The van der Waals surface area contributed by atoms with Crippen LogP contribution >= 0.6 is 0 Å². The van der Waals surface area contributed by atoms with Gasteiger partial charge in [0, 0.05) is 23.6 Å². The summed E-state index contributed by atoms with van der Waals surface area (Å²) in [6, 6.07) is 19.9. The van der Waals surface area contributed by atoms with Gasteiger partial charge in [-0.3, -0.25) is 0 Å². The van der Waals surface area contributed by atoms with Crippen LogP contribution < -0.4 is 5.36 Å². The van der Waals surface area contributed by atoms with Gasteiger partial charge < -0.3 is 14.2 Å². The first-order valence-corrected chi connectivity index (χ1v) is 8.78. The highest BCUT2D eigenvalue weighted by Crippen LogP contribution is 2.21. The third-order valence-electron chi connectivity index (χ3n) is 4.27. The van der Waals surface area contributed by atoms with Crippen LogP contribution in [0.4, 0.5) is 0 Å². The zero-order chi connectivity index (χ0) is 17.5. The molecule has 0 unspecified atom stereocenters. The van der Waals surface area contributed by atoms with Crippen LogP contribution in [0, 0.1) is 0 Å². The van der Waals surface area contributed by atoms with E-state index in [1.165, 1.54) is 0 Å². The molecule has 0 aliphatic carbocycles. The molecule has 3 aromatic rings. The largest absolute Gasteiger partial charge is 0.456 e. The second-order valence-corrected chi connectivity index (χ2v) is 5.81. The van der Waals surface area contributed by atoms with Crippen LogP contribution in [-0.4, -0.2) is 31.1 Å². The van der Waals surface area contributed by atoms with Gasteiger partial charge in [-0.1, -0.05) is 61.5 Å². The molecule has 0 aliphatic heterocycles. The third-order valence-corrected chi connectivity index (χ3v) is 4.27. The van der Waals surface area contributed by atoms with Crippen molar-refractivity contribution in [3.8, 4) is 11.3 Å². The zero-order valence-electron chi connectivity index (χ0n) is 14.8. The van der Waals surface area contributed by atoms with Crippen molar-refractivity contribution in [3.63, 3.8) is 0 Å². The average Bonchev–Trinajstić information content (AvgIpc) is 2.68. The van der Waals surface area contributed by atoms with E-state index < -0.39 is 0 Å². The highest BCUT2D eigenvalue weighted by molar-refractivity contribution is 5.78. The average molecular weight is 336 g/mol. The van der Waals surface area contributed by atoms with Crippen LogP contribution in [0.3, 0.4) is 0 Å². The summed E-state index contributed by atoms with van der Waals surface area (Å²) in [4.78, 5) is 7.90. The molecule has 0 saturated heterocycles. The first kappa shape index (κ1) is 17.2. The molecule has 0 N–H and O–H groups in total. The van der Waals surface area contributed by atoms with Crippen molar-refractivity contribution in [2.45, 2.75) is 13.8 Å². The summed E-state index contributed by atoms with van der Waals surface area (Å²) in [7, 11) is 0. The quantitative estimate of drug-likeness (QED) is 0.477. The number of rotatable bonds is 7. The van der Waals surface area contributed by atoms with Crippen LogP contribution in [0.2, 0.25) is 0 Å². The third kappa shape index (κ3) is 4.28. The van der Waals surface area contributed by atoms with Crippen molar-refractivity contribution in [2.24, 2.45) is 5.16 Å². The van der Waals surface area contributed by atoms with E-state index in [4.69, 9.17) is 9.25 Å². The van der Waals surface area contributed by atoms with Crippen LogP contribution in [-0.2, 0) is 4.84 Å². The Hall–Kier alpha value is -2.59. The molecule has 25 heavy (non-hydrogen) atoms. The number of hydrogen-bond donors (Lipinski definition) is 0. The summed E-state index contributed by atoms with van der Waals surface area (Å²) < 4.78 is 6.04. The Morgan fingerprint density at radius 3 is 2.44 bits per heavy atom. The Labute approximate surface area is 148 Å². The summed E-state index contributed by atoms with van der Waals surface area (Å²) in [6.07, 6.45) is 0. The molecule has 130 valence electrons. The summed E-state index contributed by atoms with van der Waals surface area (Å²) in [5.41, 5.74) is 1.82. The minimum Gasteiger partial charge on any atom is -0.456 e. The van der Waals surface area contributed by atoms with Gasteiger partial charge in [-0.2, -0.15) is 0 Å². The molecular weight excluding hydrogens is 312 g/mol. The molecule has 2 aromatic carbocycles. The van der Waals surface area contributed by atoms with Gasteiger partial charge in [0.25, 0.3) is 0 Å². The second-order valence-electron chi connectivity index (χ2n) is 5.81. The van der Waals surface area contributed by atoms with E-state index in [0.29, 0.717) is 6.61 Å². The Balaban J connectivity index is 1.91. The van der Waals surface area contributed by atoms with Gasteiger partial charge in [-0.15, -0.1) is 0 Å². The van der Waals surface area contributed by atoms with Gasteiger partial charge >= 0.3 is 0 Å². The molecule has 0 fully saturated rings. The molecule has 0 bridgehead atoms. The molecule has 0 spiro atoms. The van der Waals surface area contributed by atoms with Crippen molar-refractivity contribution in [2.75, 3.05) is 26.2 Å². The minimum atomic E-state index is 0.572. The lowest BCUT2D eigenvalue weighted by Gasteiger charge is -2.16. The topological polar surface area (TPSA) is 38.0 Å². The molecule has 3 rings (SSSR count). The standard InChI is InChI=1S/C21H24N2O2/c1-3-23(4-2)14-15-24-22-19-16-21(17-10-6-5-7-11-17)25-20-13-9-8-12-18(19)20/h5-13,16H,3-4,14-15H2,1-2H3/b22-19+. The zero-order valence-corrected chi connectivity index (χ0v) is 14.8. The summed E-state index contributed by atoms with van der Waals surface area (Å²) in [5.74, 6) is 0.783. The van der Waals surface area contributed by atoms with E-state index in [0.717, 1.165) is 47.3 Å². The van der Waals surface area contributed by atoms with Crippen molar-refractivity contribution < 1.29 is 9.25 Å². The van der Waals surface area contributed by atoms with Gasteiger partial charge in [-0.25, -0.2) is 0 Å². The van der Waals surface area contributed by atoms with Crippen LogP contribution in [0.5, 0.6) is 0 Å². The summed E-state index contributed by atoms with van der Waals surface area (Å²) in [6.45, 7) is 7.79. The SMILES string of the molecule is CCN(CC)CCO/N=c1\cc(-c2ccccc2)oc2ccccc12. The van der Waals surface area contributed by atoms with E-state index >= 15 is 0 Å². The number of benzene rings is 2. The number of nitrogens with zero attached hydrogens (tertiary/aromatic N) is 2. The summed E-state index contributed by atoms with van der Waals surface area (Å²) >= 11 is 0. The molecule has 1 heterocycles. The van der Waals surface area contributed by atoms with Crippen LogP contribution in [0.15, 0.2) is 70.2 Å². The van der Waals surface area contributed by atoms with E-state index in [-0.39, 0.29) is 0 Å².